The first-order chi connectivity index (χ1) is 9.30. The Bertz CT molecular complexity index is 456. The normalized spacial score (nSPS) is 34.0. The summed E-state index contributed by atoms with van der Waals surface area (Å²) in [5.41, 5.74) is 0. The summed E-state index contributed by atoms with van der Waals surface area (Å²) in [6.07, 6.45) is 0.838. The van der Waals surface area contributed by atoms with Crippen molar-refractivity contribution in [1.29, 1.82) is 0 Å². The van der Waals surface area contributed by atoms with Gasteiger partial charge in [0.2, 0.25) is 0 Å². The number of carboxylic acid groups (broad SMARTS) is 1. The zero-order valence-corrected chi connectivity index (χ0v) is 12.7. The average Bonchev–Trinajstić information content (AvgIpc) is 2.37. The Morgan fingerprint density at radius 2 is 1.75 bits per heavy atom. The van der Waals surface area contributed by atoms with Crippen molar-refractivity contribution in [3.05, 3.63) is 0 Å². The molecule has 2 saturated heterocycles. The van der Waals surface area contributed by atoms with Gasteiger partial charge in [-0.15, -0.1) is 0 Å². The monoisotopic (exact) mass is 306 g/mol. The third-order valence-electron chi connectivity index (χ3n) is 3.77. The Morgan fingerprint density at radius 3 is 2.30 bits per heavy atom. The molecule has 2 heterocycles. The third-order valence-corrected chi connectivity index (χ3v) is 5.71. The van der Waals surface area contributed by atoms with E-state index in [1.807, 2.05) is 13.8 Å². The van der Waals surface area contributed by atoms with Crippen molar-refractivity contribution in [3.63, 3.8) is 0 Å². The second-order valence-electron chi connectivity index (χ2n) is 5.62. The highest BCUT2D eigenvalue weighted by molar-refractivity contribution is 7.86. The van der Waals surface area contributed by atoms with Crippen molar-refractivity contribution in [1.82, 2.24) is 8.61 Å². The van der Waals surface area contributed by atoms with Crippen LogP contribution in [-0.4, -0.2) is 66.5 Å². The highest BCUT2D eigenvalue weighted by Gasteiger charge is 2.38. The van der Waals surface area contributed by atoms with Crippen molar-refractivity contribution >= 4 is 16.2 Å². The van der Waals surface area contributed by atoms with E-state index in [1.165, 1.54) is 8.61 Å². The molecule has 2 aliphatic rings. The molecule has 1 N–H and O–H groups in total. The van der Waals surface area contributed by atoms with Crippen LogP contribution in [0, 0.1) is 5.92 Å². The number of rotatable bonds is 3. The molecule has 0 aliphatic carbocycles. The number of piperidine rings is 1. The standard InChI is InChI=1S/C12H22N2O5S/c1-9-6-14(7-10(2)19-9)20(17,18)13-5-3-4-11(8-13)12(15)16/h9-11H,3-8H2,1-2H3,(H,15,16)/t9-,10+,11?. The number of hydrogen-bond donors (Lipinski definition) is 1. The zero-order chi connectivity index (χ0) is 14.9. The Kier molecular flexibility index (Phi) is 4.68. The summed E-state index contributed by atoms with van der Waals surface area (Å²) in [7, 11) is -3.59. The maximum atomic E-state index is 12.6. The molecule has 8 heteroatoms. The first-order valence-corrected chi connectivity index (χ1v) is 8.34. The van der Waals surface area contributed by atoms with Gasteiger partial charge >= 0.3 is 5.97 Å². The molecule has 0 spiro atoms. The number of hydrogen-bond acceptors (Lipinski definition) is 4. The first kappa shape index (κ1) is 15.7. The molecule has 3 atom stereocenters. The van der Waals surface area contributed by atoms with E-state index in [0.717, 1.165) is 0 Å². The van der Waals surface area contributed by atoms with Gasteiger partial charge in [0, 0.05) is 26.2 Å². The molecule has 116 valence electrons. The third kappa shape index (κ3) is 3.30. The summed E-state index contributed by atoms with van der Waals surface area (Å²) in [6.45, 7) is 4.79. The van der Waals surface area contributed by atoms with Crippen molar-refractivity contribution in [3.8, 4) is 0 Å². The molecular formula is C12H22N2O5S. The van der Waals surface area contributed by atoms with Crippen LogP contribution in [-0.2, 0) is 19.7 Å². The van der Waals surface area contributed by atoms with Gasteiger partial charge in [-0.1, -0.05) is 0 Å². The Hall–Kier alpha value is -0.700. The van der Waals surface area contributed by atoms with E-state index >= 15 is 0 Å². The van der Waals surface area contributed by atoms with E-state index in [-0.39, 0.29) is 18.8 Å². The van der Waals surface area contributed by atoms with Crippen LogP contribution in [0.3, 0.4) is 0 Å². The predicted octanol–water partition coefficient (Wildman–Crippen LogP) is 0.137. The van der Waals surface area contributed by atoms with Crippen LogP contribution in [0.15, 0.2) is 0 Å². The predicted molar refractivity (Wildman–Crippen MR) is 72.4 cm³/mol. The average molecular weight is 306 g/mol. The van der Waals surface area contributed by atoms with E-state index in [2.05, 4.69) is 0 Å². The lowest BCUT2D eigenvalue weighted by molar-refractivity contribution is -0.142. The Morgan fingerprint density at radius 1 is 1.15 bits per heavy atom. The SMILES string of the molecule is C[C@@H]1CN(S(=O)(=O)N2CCCC(C(=O)O)C2)C[C@H](C)O1. The van der Waals surface area contributed by atoms with Gasteiger partial charge < -0.3 is 9.84 Å². The molecular weight excluding hydrogens is 284 g/mol. The van der Waals surface area contributed by atoms with Gasteiger partial charge in [0.1, 0.15) is 0 Å². The molecule has 0 amide bonds. The van der Waals surface area contributed by atoms with Crippen LogP contribution >= 0.6 is 0 Å². The Labute approximate surface area is 119 Å². The molecule has 0 aromatic rings. The van der Waals surface area contributed by atoms with Gasteiger partial charge in [0.15, 0.2) is 0 Å². The van der Waals surface area contributed by atoms with Crippen molar-refractivity contribution < 1.29 is 23.1 Å². The van der Waals surface area contributed by atoms with E-state index in [4.69, 9.17) is 9.84 Å². The number of carbonyl (C=O) groups is 1. The lowest BCUT2D eigenvalue weighted by Crippen LogP contribution is -2.55. The van der Waals surface area contributed by atoms with Crippen LogP contribution in [0.5, 0.6) is 0 Å². The number of aliphatic carboxylic acids is 1. The van der Waals surface area contributed by atoms with Gasteiger partial charge in [0.25, 0.3) is 10.2 Å². The molecule has 0 saturated carbocycles. The molecule has 2 fully saturated rings. The molecule has 0 aromatic heterocycles. The van der Waals surface area contributed by atoms with Gasteiger partial charge in [-0.3, -0.25) is 4.79 Å². The summed E-state index contributed by atoms with van der Waals surface area (Å²) in [6, 6.07) is 0. The second kappa shape index (κ2) is 5.97. The molecule has 0 aromatic carbocycles. The fourth-order valence-electron chi connectivity index (χ4n) is 2.84. The minimum atomic E-state index is -3.59. The maximum Gasteiger partial charge on any atom is 0.307 e. The van der Waals surface area contributed by atoms with Crippen molar-refractivity contribution in [2.24, 2.45) is 5.92 Å². The van der Waals surface area contributed by atoms with Gasteiger partial charge in [-0.2, -0.15) is 17.0 Å². The second-order valence-corrected chi connectivity index (χ2v) is 7.55. The van der Waals surface area contributed by atoms with E-state index in [1.54, 1.807) is 0 Å². The largest absolute Gasteiger partial charge is 0.481 e. The molecule has 2 aliphatic heterocycles. The van der Waals surface area contributed by atoms with E-state index in [0.29, 0.717) is 32.5 Å². The van der Waals surface area contributed by atoms with Gasteiger partial charge in [0.05, 0.1) is 18.1 Å². The Balaban J connectivity index is 2.11. The maximum absolute atomic E-state index is 12.6. The van der Waals surface area contributed by atoms with Crippen LogP contribution in [0.25, 0.3) is 0 Å². The van der Waals surface area contributed by atoms with Gasteiger partial charge in [-0.25, -0.2) is 0 Å². The summed E-state index contributed by atoms with van der Waals surface area (Å²) < 4.78 is 33.5. The summed E-state index contributed by atoms with van der Waals surface area (Å²) in [5, 5.41) is 9.06. The van der Waals surface area contributed by atoms with Crippen molar-refractivity contribution in [2.75, 3.05) is 26.2 Å². The van der Waals surface area contributed by atoms with E-state index in [9.17, 15) is 13.2 Å². The van der Waals surface area contributed by atoms with Crippen LogP contribution in [0.4, 0.5) is 0 Å². The molecule has 20 heavy (non-hydrogen) atoms. The topological polar surface area (TPSA) is 87.2 Å². The fourth-order valence-corrected chi connectivity index (χ4v) is 4.69. The molecule has 0 bridgehead atoms. The lowest BCUT2D eigenvalue weighted by atomic mass is 10.0. The molecule has 2 rings (SSSR count). The van der Waals surface area contributed by atoms with Crippen LogP contribution in [0.1, 0.15) is 26.7 Å². The molecule has 0 radical (unpaired) electrons. The number of nitrogens with zero attached hydrogens (tertiary/aromatic N) is 2. The highest BCUT2D eigenvalue weighted by atomic mass is 32.2. The summed E-state index contributed by atoms with van der Waals surface area (Å²) in [4.78, 5) is 11.1. The van der Waals surface area contributed by atoms with Gasteiger partial charge in [-0.05, 0) is 26.7 Å². The summed E-state index contributed by atoms with van der Waals surface area (Å²) >= 11 is 0. The number of ether oxygens (including phenoxy) is 1. The van der Waals surface area contributed by atoms with Crippen LogP contribution < -0.4 is 0 Å². The quantitative estimate of drug-likeness (QED) is 0.801. The first-order valence-electron chi connectivity index (χ1n) is 6.94. The fraction of sp³-hybridized carbons (Fsp3) is 0.917. The minimum Gasteiger partial charge on any atom is -0.481 e. The lowest BCUT2D eigenvalue weighted by Gasteiger charge is -2.39. The minimum absolute atomic E-state index is 0.0672. The zero-order valence-electron chi connectivity index (χ0n) is 11.9. The number of morpholine rings is 1. The van der Waals surface area contributed by atoms with E-state index < -0.39 is 22.1 Å². The molecule has 7 nitrogen and oxygen atoms in total. The highest BCUT2D eigenvalue weighted by Crippen LogP contribution is 2.23. The van der Waals surface area contributed by atoms with Crippen molar-refractivity contribution in [2.45, 2.75) is 38.9 Å². The summed E-state index contributed by atoms with van der Waals surface area (Å²) in [5.74, 6) is -1.52. The number of carboxylic acids is 1. The smallest absolute Gasteiger partial charge is 0.307 e. The molecule has 1 unspecified atom stereocenters. The van der Waals surface area contributed by atoms with Crippen LogP contribution in [0.2, 0.25) is 0 Å².